The first kappa shape index (κ1) is 19.0. The molecule has 0 aliphatic carbocycles. The fourth-order valence-corrected chi connectivity index (χ4v) is 2.33. The molecule has 0 fully saturated rings. The van der Waals surface area contributed by atoms with Crippen LogP contribution < -0.4 is 10.1 Å². The quantitative estimate of drug-likeness (QED) is 0.694. The van der Waals surface area contributed by atoms with E-state index < -0.39 is 11.9 Å². The maximum Gasteiger partial charge on any atom is 0.308 e. The van der Waals surface area contributed by atoms with E-state index in [2.05, 4.69) is 19.2 Å². The molecule has 1 aromatic rings. The lowest BCUT2D eigenvalue weighted by atomic mass is 9.98. The predicted octanol–water partition coefficient (Wildman–Crippen LogP) is 3.20. The number of hydrogen-bond acceptors (Lipinski definition) is 3. The lowest BCUT2D eigenvalue weighted by Crippen LogP contribution is -2.35. The van der Waals surface area contributed by atoms with Crippen molar-refractivity contribution in [3.63, 3.8) is 0 Å². The van der Waals surface area contributed by atoms with E-state index in [1.807, 2.05) is 31.2 Å². The standard InChI is InChI=1S/C18H27NO4/c1-4-8-14(18(21)22)11-19-17(20)12-23-16-10-7-6-9-15(16)13(3)5-2/h6-7,9-10,13-14H,4-5,8,11-12H2,1-3H3,(H,19,20)(H,21,22). The summed E-state index contributed by atoms with van der Waals surface area (Å²) in [4.78, 5) is 22.9. The number of aliphatic carboxylic acids is 1. The summed E-state index contributed by atoms with van der Waals surface area (Å²) in [6, 6.07) is 7.69. The van der Waals surface area contributed by atoms with Gasteiger partial charge >= 0.3 is 5.97 Å². The van der Waals surface area contributed by atoms with Crippen molar-refractivity contribution in [3.05, 3.63) is 29.8 Å². The van der Waals surface area contributed by atoms with Crippen molar-refractivity contribution in [2.45, 2.75) is 46.0 Å². The van der Waals surface area contributed by atoms with E-state index in [-0.39, 0.29) is 19.1 Å². The summed E-state index contributed by atoms with van der Waals surface area (Å²) >= 11 is 0. The van der Waals surface area contributed by atoms with Crippen molar-refractivity contribution >= 4 is 11.9 Å². The summed E-state index contributed by atoms with van der Waals surface area (Å²) in [5, 5.41) is 11.7. The highest BCUT2D eigenvalue weighted by atomic mass is 16.5. The van der Waals surface area contributed by atoms with Crippen LogP contribution in [0.1, 0.15) is 51.5 Å². The van der Waals surface area contributed by atoms with E-state index in [9.17, 15) is 9.59 Å². The number of amides is 1. The molecule has 0 spiro atoms. The van der Waals surface area contributed by atoms with Gasteiger partial charge in [0.05, 0.1) is 5.92 Å². The van der Waals surface area contributed by atoms with Gasteiger partial charge in [-0.05, 0) is 30.4 Å². The molecule has 1 amide bonds. The van der Waals surface area contributed by atoms with Crippen LogP contribution in [0, 0.1) is 5.92 Å². The van der Waals surface area contributed by atoms with Crippen LogP contribution in [0.5, 0.6) is 5.75 Å². The van der Waals surface area contributed by atoms with E-state index in [1.54, 1.807) is 0 Å². The molecule has 128 valence electrons. The van der Waals surface area contributed by atoms with Gasteiger partial charge in [0.2, 0.25) is 0 Å². The van der Waals surface area contributed by atoms with E-state index in [1.165, 1.54) is 0 Å². The second-order valence-corrected chi connectivity index (χ2v) is 5.76. The van der Waals surface area contributed by atoms with E-state index >= 15 is 0 Å². The van der Waals surface area contributed by atoms with Crippen LogP contribution in [0.15, 0.2) is 24.3 Å². The third-order valence-corrected chi connectivity index (χ3v) is 3.95. The van der Waals surface area contributed by atoms with Gasteiger partial charge in [0, 0.05) is 6.54 Å². The molecule has 0 heterocycles. The molecule has 0 radical (unpaired) electrons. The van der Waals surface area contributed by atoms with E-state index in [0.29, 0.717) is 18.1 Å². The molecule has 0 aliphatic heterocycles. The fraction of sp³-hybridized carbons (Fsp3) is 0.556. The van der Waals surface area contributed by atoms with Crippen LogP contribution in [0.2, 0.25) is 0 Å². The minimum Gasteiger partial charge on any atom is -0.483 e. The zero-order valence-corrected chi connectivity index (χ0v) is 14.2. The molecule has 2 unspecified atom stereocenters. The molecule has 0 saturated carbocycles. The van der Waals surface area contributed by atoms with E-state index in [0.717, 1.165) is 18.4 Å². The summed E-state index contributed by atoms with van der Waals surface area (Å²) in [5.74, 6) is -0.659. The van der Waals surface area contributed by atoms with Crippen molar-refractivity contribution in [1.29, 1.82) is 0 Å². The van der Waals surface area contributed by atoms with Crippen LogP contribution in [-0.2, 0) is 9.59 Å². The number of carbonyl (C=O) groups is 2. The number of carboxylic acids is 1. The minimum atomic E-state index is -0.879. The Balaban J connectivity index is 2.52. The van der Waals surface area contributed by atoms with Crippen molar-refractivity contribution in [2.24, 2.45) is 5.92 Å². The maximum atomic E-state index is 11.9. The second kappa shape index (κ2) is 9.87. The van der Waals surface area contributed by atoms with Gasteiger partial charge in [-0.25, -0.2) is 0 Å². The van der Waals surface area contributed by atoms with Crippen molar-refractivity contribution in [2.75, 3.05) is 13.2 Å². The molecule has 1 aromatic carbocycles. The maximum absolute atomic E-state index is 11.9. The molecular formula is C18H27NO4. The minimum absolute atomic E-state index is 0.105. The second-order valence-electron chi connectivity index (χ2n) is 5.76. The highest BCUT2D eigenvalue weighted by Crippen LogP contribution is 2.28. The zero-order valence-electron chi connectivity index (χ0n) is 14.2. The molecule has 0 saturated heterocycles. The Bertz CT molecular complexity index is 515. The van der Waals surface area contributed by atoms with Gasteiger partial charge in [-0.3, -0.25) is 9.59 Å². The van der Waals surface area contributed by atoms with Gasteiger partial charge in [-0.15, -0.1) is 0 Å². The first-order chi connectivity index (χ1) is 11.0. The van der Waals surface area contributed by atoms with Gasteiger partial charge in [-0.1, -0.05) is 45.4 Å². The zero-order chi connectivity index (χ0) is 17.2. The summed E-state index contributed by atoms with van der Waals surface area (Å²) in [6.45, 7) is 6.18. The normalized spacial score (nSPS) is 13.2. The van der Waals surface area contributed by atoms with Gasteiger partial charge in [0.1, 0.15) is 5.75 Å². The Morgan fingerprint density at radius 3 is 2.57 bits per heavy atom. The third-order valence-electron chi connectivity index (χ3n) is 3.95. The number of carbonyl (C=O) groups excluding carboxylic acids is 1. The first-order valence-electron chi connectivity index (χ1n) is 8.20. The van der Waals surface area contributed by atoms with Crippen molar-refractivity contribution < 1.29 is 19.4 Å². The Labute approximate surface area is 138 Å². The number of carboxylic acid groups (broad SMARTS) is 1. The monoisotopic (exact) mass is 321 g/mol. The smallest absolute Gasteiger partial charge is 0.308 e. The molecule has 2 atom stereocenters. The van der Waals surface area contributed by atoms with Crippen LogP contribution in [0.25, 0.3) is 0 Å². The molecule has 0 bridgehead atoms. The molecule has 1 rings (SSSR count). The topological polar surface area (TPSA) is 75.6 Å². The van der Waals surface area contributed by atoms with Gasteiger partial charge in [-0.2, -0.15) is 0 Å². The van der Waals surface area contributed by atoms with Gasteiger partial charge < -0.3 is 15.2 Å². The summed E-state index contributed by atoms with van der Waals surface area (Å²) < 4.78 is 5.62. The van der Waals surface area contributed by atoms with Crippen LogP contribution in [-0.4, -0.2) is 30.1 Å². The highest BCUT2D eigenvalue weighted by Gasteiger charge is 2.17. The lowest BCUT2D eigenvalue weighted by molar-refractivity contribution is -0.142. The van der Waals surface area contributed by atoms with Gasteiger partial charge in [0.25, 0.3) is 5.91 Å². The number of benzene rings is 1. The van der Waals surface area contributed by atoms with Gasteiger partial charge in [0.15, 0.2) is 6.61 Å². The molecule has 2 N–H and O–H groups in total. The Morgan fingerprint density at radius 1 is 1.26 bits per heavy atom. The Kier molecular flexibility index (Phi) is 8.16. The van der Waals surface area contributed by atoms with E-state index in [4.69, 9.17) is 9.84 Å². The summed E-state index contributed by atoms with van der Waals surface area (Å²) in [7, 11) is 0. The SMILES string of the molecule is CCCC(CNC(=O)COc1ccccc1C(C)CC)C(=O)O. The highest BCUT2D eigenvalue weighted by molar-refractivity contribution is 5.78. The molecule has 0 aromatic heterocycles. The average molecular weight is 321 g/mol. The van der Waals surface area contributed by atoms with Crippen LogP contribution in [0.4, 0.5) is 0 Å². The molecule has 5 nitrogen and oxygen atoms in total. The van der Waals surface area contributed by atoms with Crippen LogP contribution >= 0.6 is 0 Å². The number of rotatable bonds is 10. The molecule has 0 aliphatic rings. The number of nitrogens with one attached hydrogen (secondary N) is 1. The fourth-order valence-electron chi connectivity index (χ4n) is 2.33. The molecule has 5 heteroatoms. The number of ether oxygens (including phenoxy) is 1. The molecule has 23 heavy (non-hydrogen) atoms. The van der Waals surface area contributed by atoms with Crippen molar-refractivity contribution in [3.8, 4) is 5.75 Å². The van der Waals surface area contributed by atoms with Crippen LogP contribution in [0.3, 0.4) is 0 Å². The predicted molar refractivity (Wildman–Crippen MR) is 89.7 cm³/mol. The number of hydrogen-bond donors (Lipinski definition) is 2. The first-order valence-corrected chi connectivity index (χ1v) is 8.20. The largest absolute Gasteiger partial charge is 0.483 e. The summed E-state index contributed by atoms with van der Waals surface area (Å²) in [6.07, 6.45) is 2.31. The average Bonchev–Trinajstić information content (AvgIpc) is 2.55. The number of para-hydroxylation sites is 1. The van der Waals surface area contributed by atoms with Crippen molar-refractivity contribution in [1.82, 2.24) is 5.32 Å². The molecular weight excluding hydrogens is 294 g/mol. The lowest BCUT2D eigenvalue weighted by Gasteiger charge is -2.16. The Hall–Kier alpha value is -2.04. The third kappa shape index (κ3) is 6.30. The Morgan fingerprint density at radius 2 is 1.96 bits per heavy atom. The summed E-state index contributed by atoms with van der Waals surface area (Å²) in [5.41, 5.74) is 1.08.